The first-order valence-electron chi connectivity index (χ1n) is 6.03. The molecule has 0 aliphatic rings. The van der Waals surface area contributed by atoms with Crippen LogP contribution in [0.3, 0.4) is 0 Å². The van der Waals surface area contributed by atoms with Crippen LogP contribution in [0.5, 0.6) is 5.75 Å². The molecule has 2 rings (SSSR count). The first-order valence-corrected chi connectivity index (χ1v) is 8.44. The van der Waals surface area contributed by atoms with Gasteiger partial charge in [0, 0.05) is 18.0 Å². The summed E-state index contributed by atoms with van der Waals surface area (Å²) in [6, 6.07) is 9.56. The van der Waals surface area contributed by atoms with E-state index in [-0.39, 0.29) is 5.92 Å². The smallest absolute Gasteiger partial charge is 0.118 e. The van der Waals surface area contributed by atoms with E-state index in [0.29, 0.717) is 6.54 Å². The average Bonchev–Trinajstić information content (AvgIpc) is 2.79. The summed E-state index contributed by atoms with van der Waals surface area (Å²) in [6.45, 7) is 0.368. The monoisotopic (exact) mass is 419 g/mol. The Labute approximate surface area is 139 Å². The lowest BCUT2D eigenvalue weighted by Gasteiger charge is -2.22. The van der Waals surface area contributed by atoms with Crippen molar-refractivity contribution in [3.05, 3.63) is 49.0 Å². The normalized spacial score (nSPS) is 14.1. The molecule has 3 nitrogen and oxygen atoms in total. The first-order chi connectivity index (χ1) is 9.56. The number of benzene rings is 1. The molecule has 1 aromatic heterocycles. The van der Waals surface area contributed by atoms with Gasteiger partial charge >= 0.3 is 0 Å². The maximum Gasteiger partial charge on any atom is 0.118 e. The van der Waals surface area contributed by atoms with Crippen LogP contribution in [0.2, 0.25) is 0 Å². The molecule has 0 saturated carbocycles. The second-order valence-corrected chi connectivity index (χ2v) is 8.09. The zero-order valence-corrected chi connectivity index (χ0v) is 14.8. The molecule has 3 N–H and O–H groups in total. The number of rotatable bonds is 5. The van der Waals surface area contributed by atoms with Crippen molar-refractivity contribution in [1.82, 2.24) is 0 Å². The van der Waals surface area contributed by atoms with Crippen molar-refractivity contribution in [2.45, 2.75) is 12.0 Å². The van der Waals surface area contributed by atoms with E-state index < -0.39 is 6.10 Å². The van der Waals surface area contributed by atoms with Gasteiger partial charge in [0.05, 0.1) is 20.8 Å². The number of hydrogen-bond acceptors (Lipinski definition) is 4. The van der Waals surface area contributed by atoms with E-state index in [4.69, 9.17) is 10.5 Å². The van der Waals surface area contributed by atoms with Crippen LogP contribution in [-0.2, 0) is 0 Å². The molecule has 20 heavy (non-hydrogen) atoms. The lowest BCUT2D eigenvalue weighted by Crippen LogP contribution is -2.20. The molecule has 0 spiro atoms. The number of hydrogen-bond donors (Lipinski definition) is 2. The van der Waals surface area contributed by atoms with Gasteiger partial charge in [-0.1, -0.05) is 12.1 Å². The molecule has 0 saturated heterocycles. The Morgan fingerprint density at radius 2 is 1.95 bits per heavy atom. The van der Waals surface area contributed by atoms with Gasteiger partial charge < -0.3 is 15.6 Å². The van der Waals surface area contributed by atoms with Gasteiger partial charge in [0.1, 0.15) is 5.75 Å². The predicted octanol–water partition coefficient (Wildman–Crippen LogP) is 4.06. The number of ether oxygens (including phenoxy) is 1. The number of nitrogens with two attached hydrogens (primary N) is 1. The Morgan fingerprint density at radius 3 is 2.40 bits per heavy atom. The van der Waals surface area contributed by atoms with E-state index in [1.165, 1.54) is 11.3 Å². The number of aliphatic hydroxyl groups excluding tert-OH is 1. The quantitative estimate of drug-likeness (QED) is 0.766. The van der Waals surface area contributed by atoms with Crippen LogP contribution in [0.15, 0.2) is 37.9 Å². The molecular weight excluding hydrogens is 406 g/mol. The fourth-order valence-corrected chi connectivity index (χ4v) is 4.98. The van der Waals surface area contributed by atoms with Gasteiger partial charge in [-0.05, 0) is 55.6 Å². The van der Waals surface area contributed by atoms with E-state index in [9.17, 15) is 5.11 Å². The summed E-state index contributed by atoms with van der Waals surface area (Å²) in [5.74, 6) is 0.636. The second-order valence-electron chi connectivity index (χ2n) is 4.34. The van der Waals surface area contributed by atoms with Gasteiger partial charge in [-0.2, -0.15) is 0 Å². The first kappa shape index (κ1) is 16.0. The van der Waals surface area contributed by atoms with Crippen molar-refractivity contribution in [3.63, 3.8) is 0 Å². The van der Waals surface area contributed by atoms with Crippen molar-refractivity contribution < 1.29 is 9.84 Å². The second kappa shape index (κ2) is 7.04. The van der Waals surface area contributed by atoms with Crippen LogP contribution in [0.4, 0.5) is 0 Å². The van der Waals surface area contributed by atoms with Crippen molar-refractivity contribution in [2.75, 3.05) is 13.7 Å². The molecule has 0 bridgehead atoms. The third kappa shape index (κ3) is 3.43. The topological polar surface area (TPSA) is 55.5 Å². The minimum absolute atomic E-state index is 0.154. The lowest BCUT2D eigenvalue weighted by atomic mass is 9.90. The molecule has 1 heterocycles. The highest BCUT2D eigenvalue weighted by Crippen LogP contribution is 2.40. The van der Waals surface area contributed by atoms with Crippen LogP contribution in [0.1, 0.15) is 23.1 Å². The van der Waals surface area contributed by atoms with Gasteiger partial charge in [0.2, 0.25) is 0 Å². The third-order valence-corrected chi connectivity index (χ3v) is 5.57. The molecule has 2 atom stereocenters. The minimum atomic E-state index is -0.648. The van der Waals surface area contributed by atoms with Crippen molar-refractivity contribution >= 4 is 43.2 Å². The summed E-state index contributed by atoms with van der Waals surface area (Å²) in [5.41, 5.74) is 7.71. The number of thiophene rings is 1. The minimum Gasteiger partial charge on any atom is -0.497 e. The standard InChI is InChI=1S/C14H15Br2NO2S/c1-19-9-4-2-8(3-5-9)11(7-17)13(18)10-6-12(15)20-14(10)16/h2-6,11,13,18H,7,17H2,1H3. The molecule has 2 unspecified atom stereocenters. The van der Waals surface area contributed by atoms with Crippen LogP contribution in [0, 0.1) is 0 Å². The van der Waals surface area contributed by atoms with Crippen molar-refractivity contribution in [3.8, 4) is 5.75 Å². The van der Waals surface area contributed by atoms with E-state index in [0.717, 1.165) is 24.4 Å². The van der Waals surface area contributed by atoms with E-state index in [1.807, 2.05) is 30.3 Å². The molecule has 0 amide bonds. The number of methoxy groups -OCH3 is 1. The van der Waals surface area contributed by atoms with Crippen molar-refractivity contribution in [2.24, 2.45) is 5.73 Å². The zero-order chi connectivity index (χ0) is 14.7. The summed E-state index contributed by atoms with van der Waals surface area (Å²) in [4.78, 5) is 0. The number of aliphatic hydroxyl groups is 1. The summed E-state index contributed by atoms with van der Waals surface area (Å²) in [5, 5.41) is 10.6. The SMILES string of the molecule is COc1ccc(C(CN)C(O)c2cc(Br)sc2Br)cc1. The molecule has 108 valence electrons. The van der Waals surface area contributed by atoms with E-state index in [1.54, 1.807) is 7.11 Å². The molecule has 0 fully saturated rings. The zero-order valence-electron chi connectivity index (χ0n) is 10.8. The highest BCUT2D eigenvalue weighted by atomic mass is 79.9. The maximum atomic E-state index is 10.6. The van der Waals surface area contributed by atoms with Gasteiger partial charge in [0.25, 0.3) is 0 Å². The Kier molecular flexibility index (Phi) is 5.63. The number of halogens is 2. The Balaban J connectivity index is 2.28. The molecule has 0 aliphatic carbocycles. The summed E-state index contributed by atoms with van der Waals surface area (Å²) in [7, 11) is 1.63. The van der Waals surface area contributed by atoms with Gasteiger partial charge in [0.15, 0.2) is 0 Å². The van der Waals surface area contributed by atoms with E-state index in [2.05, 4.69) is 31.9 Å². The molecule has 0 radical (unpaired) electrons. The van der Waals surface area contributed by atoms with Gasteiger partial charge in [-0.3, -0.25) is 0 Å². The Morgan fingerprint density at radius 1 is 1.30 bits per heavy atom. The molecule has 6 heteroatoms. The lowest BCUT2D eigenvalue weighted by molar-refractivity contribution is 0.147. The molecule has 2 aromatic rings. The van der Waals surface area contributed by atoms with Crippen LogP contribution in [-0.4, -0.2) is 18.8 Å². The van der Waals surface area contributed by atoms with E-state index >= 15 is 0 Å². The summed E-state index contributed by atoms with van der Waals surface area (Å²) in [6.07, 6.45) is -0.648. The summed E-state index contributed by atoms with van der Waals surface area (Å²) >= 11 is 8.44. The molecule has 1 aromatic carbocycles. The Hall–Kier alpha value is -0.400. The maximum absolute atomic E-state index is 10.6. The predicted molar refractivity (Wildman–Crippen MR) is 89.5 cm³/mol. The molecular formula is C14H15Br2NO2S. The highest BCUT2D eigenvalue weighted by Gasteiger charge is 2.24. The van der Waals surface area contributed by atoms with Crippen LogP contribution < -0.4 is 10.5 Å². The average molecular weight is 421 g/mol. The fraction of sp³-hybridized carbons (Fsp3) is 0.286. The van der Waals surface area contributed by atoms with Crippen LogP contribution in [0.25, 0.3) is 0 Å². The van der Waals surface area contributed by atoms with Gasteiger partial charge in [-0.15, -0.1) is 11.3 Å². The Bertz CT molecular complexity index is 571. The van der Waals surface area contributed by atoms with Gasteiger partial charge in [-0.25, -0.2) is 0 Å². The third-order valence-electron chi connectivity index (χ3n) is 3.18. The molecule has 0 aliphatic heterocycles. The van der Waals surface area contributed by atoms with Crippen LogP contribution >= 0.6 is 43.2 Å². The van der Waals surface area contributed by atoms with Crippen molar-refractivity contribution in [1.29, 1.82) is 0 Å². The highest BCUT2D eigenvalue weighted by molar-refractivity contribution is 9.12. The fourth-order valence-electron chi connectivity index (χ4n) is 2.07. The summed E-state index contributed by atoms with van der Waals surface area (Å²) < 4.78 is 7.04. The largest absolute Gasteiger partial charge is 0.497 e.